The summed E-state index contributed by atoms with van der Waals surface area (Å²) >= 11 is 0. The van der Waals surface area contributed by atoms with Crippen molar-refractivity contribution in [1.82, 2.24) is 10.2 Å². The Balaban J connectivity index is 1.86. The van der Waals surface area contributed by atoms with Crippen molar-refractivity contribution >= 4 is 5.91 Å². The highest BCUT2D eigenvalue weighted by Gasteiger charge is 2.30. The molecule has 0 aromatic heterocycles. The fraction of sp³-hybridized carbons (Fsp3) is 0.923. The third-order valence-corrected chi connectivity index (χ3v) is 4.29. The lowest BCUT2D eigenvalue weighted by atomic mass is 9.82. The molecule has 0 spiro atoms. The average Bonchev–Trinajstić information content (AvgIpc) is 2.81. The molecule has 1 atom stereocenters. The predicted molar refractivity (Wildman–Crippen MR) is 65.2 cm³/mol. The van der Waals surface area contributed by atoms with Crippen LogP contribution in [0.15, 0.2) is 0 Å². The fourth-order valence-corrected chi connectivity index (χ4v) is 2.94. The second-order valence-corrected chi connectivity index (χ2v) is 5.55. The van der Waals surface area contributed by atoms with Crippen LogP contribution in [0.3, 0.4) is 0 Å². The van der Waals surface area contributed by atoms with Crippen LogP contribution in [0.4, 0.5) is 0 Å². The number of carbonyl (C=O) groups is 1. The van der Waals surface area contributed by atoms with E-state index >= 15 is 0 Å². The topological polar surface area (TPSA) is 32.3 Å². The van der Waals surface area contributed by atoms with Crippen molar-refractivity contribution in [3.63, 3.8) is 0 Å². The second-order valence-electron chi connectivity index (χ2n) is 5.55. The first-order chi connectivity index (χ1) is 7.68. The summed E-state index contributed by atoms with van der Waals surface area (Å²) in [4.78, 5) is 14.3. The molecule has 0 radical (unpaired) electrons. The Morgan fingerprint density at radius 2 is 1.88 bits per heavy atom. The average molecular weight is 224 g/mol. The molecule has 1 aliphatic heterocycles. The monoisotopic (exact) mass is 224 g/mol. The Morgan fingerprint density at radius 3 is 2.44 bits per heavy atom. The maximum Gasteiger partial charge on any atom is 0.225 e. The zero-order valence-electron chi connectivity index (χ0n) is 10.5. The molecule has 92 valence electrons. The molecule has 1 saturated carbocycles. The Bertz CT molecular complexity index is 240. The van der Waals surface area contributed by atoms with Crippen LogP contribution in [0.5, 0.6) is 0 Å². The Morgan fingerprint density at radius 1 is 1.19 bits per heavy atom. The van der Waals surface area contributed by atoms with Crippen molar-refractivity contribution in [2.75, 3.05) is 20.1 Å². The van der Waals surface area contributed by atoms with Gasteiger partial charge in [-0.3, -0.25) is 4.79 Å². The van der Waals surface area contributed by atoms with Crippen LogP contribution in [-0.2, 0) is 4.79 Å². The van der Waals surface area contributed by atoms with Gasteiger partial charge in [-0.15, -0.1) is 0 Å². The molecular weight excluding hydrogens is 200 g/mol. The summed E-state index contributed by atoms with van der Waals surface area (Å²) in [7, 11) is 1.98. The lowest BCUT2D eigenvalue weighted by Gasteiger charge is -2.31. The molecule has 1 heterocycles. The largest absolute Gasteiger partial charge is 0.341 e. The molecule has 2 aliphatic rings. The highest BCUT2D eigenvalue weighted by Crippen LogP contribution is 2.29. The maximum absolute atomic E-state index is 12.3. The van der Waals surface area contributed by atoms with E-state index in [4.69, 9.17) is 0 Å². The van der Waals surface area contributed by atoms with E-state index in [-0.39, 0.29) is 0 Å². The number of amides is 1. The maximum atomic E-state index is 12.3. The third kappa shape index (κ3) is 2.57. The summed E-state index contributed by atoms with van der Waals surface area (Å²) in [6, 6.07) is 0.437. The highest BCUT2D eigenvalue weighted by molar-refractivity contribution is 5.79. The van der Waals surface area contributed by atoms with Crippen molar-refractivity contribution in [2.24, 2.45) is 11.8 Å². The molecule has 1 aliphatic carbocycles. The summed E-state index contributed by atoms with van der Waals surface area (Å²) in [5.74, 6) is 1.52. The van der Waals surface area contributed by atoms with E-state index in [0.29, 0.717) is 17.9 Å². The molecule has 1 saturated heterocycles. The number of carbonyl (C=O) groups excluding carboxylic acids is 1. The Hall–Kier alpha value is -0.570. The first-order valence-electron chi connectivity index (χ1n) is 6.66. The van der Waals surface area contributed by atoms with Crippen LogP contribution < -0.4 is 5.32 Å². The predicted octanol–water partition coefficient (Wildman–Crippen LogP) is 1.63. The summed E-state index contributed by atoms with van der Waals surface area (Å²) in [6.45, 7) is 4.33. The SMILES string of the molecule is CC1CCC(C(=O)N(C)C2CCNC2)CC1. The molecule has 0 aromatic rings. The first-order valence-corrected chi connectivity index (χ1v) is 6.66. The molecule has 2 rings (SSSR count). The number of nitrogens with zero attached hydrogens (tertiary/aromatic N) is 1. The van der Waals surface area contributed by atoms with Crippen LogP contribution in [-0.4, -0.2) is 37.0 Å². The molecule has 0 bridgehead atoms. The van der Waals surface area contributed by atoms with Crippen molar-refractivity contribution in [1.29, 1.82) is 0 Å². The van der Waals surface area contributed by atoms with Crippen LogP contribution >= 0.6 is 0 Å². The normalized spacial score (nSPS) is 35.0. The van der Waals surface area contributed by atoms with Gasteiger partial charge in [0.25, 0.3) is 0 Å². The van der Waals surface area contributed by atoms with Crippen LogP contribution in [0.25, 0.3) is 0 Å². The molecule has 0 aromatic carbocycles. The summed E-state index contributed by atoms with van der Waals surface area (Å²) in [6.07, 6.45) is 5.78. The zero-order chi connectivity index (χ0) is 11.5. The van der Waals surface area contributed by atoms with Gasteiger partial charge in [0.1, 0.15) is 0 Å². The molecule has 1 unspecified atom stereocenters. The molecule has 3 nitrogen and oxygen atoms in total. The van der Waals surface area contributed by atoms with Gasteiger partial charge in [0.15, 0.2) is 0 Å². The lowest BCUT2D eigenvalue weighted by Crippen LogP contribution is -2.42. The van der Waals surface area contributed by atoms with Gasteiger partial charge in [-0.1, -0.05) is 6.92 Å². The smallest absolute Gasteiger partial charge is 0.225 e. The van der Waals surface area contributed by atoms with E-state index in [9.17, 15) is 4.79 Å². The van der Waals surface area contributed by atoms with Crippen molar-refractivity contribution in [2.45, 2.75) is 45.1 Å². The Kier molecular flexibility index (Phi) is 3.85. The van der Waals surface area contributed by atoms with E-state index in [1.165, 1.54) is 12.8 Å². The van der Waals surface area contributed by atoms with Crippen molar-refractivity contribution in [3.05, 3.63) is 0 Å². The molecule has 16 heavy (non-hydrogen) atoms. The molecule has 1 N–H and O–H groups in total. The van der Waals surface area contributed by atoms with Crippen LogP contribution in [0.2, 0.25) is 0 Å². The summed E-state index contributed by atoms with van der Waals surface area (Å²) in [5, 5.41) is 3.32. The van der Waals surface area contributed by atoms with Gasteiger partial charge in [0, 0.05) is 25.6 Å². The van der Waals surface area contributed by atoms with Gasteiger partial charge in [-0.2, -0.15) is 0 Å². The third-order valence-electron chi connectivity index (χ3n) is 4.29. The fourth-order valence-electron chi connectivity index (χ4n) is 2.94. The van der Waals surface area contributed by atoms with Gasteiger partial charge >= 0.3 is 0 Å². The van der Waals surface area contributed by atoms with Gasteiger partial charge in [-0.05, 0) is 44.6 Å². The number of rotatable bonds is 2. The second kappa shape index (κ2) is 5.17. The van der Waals surface area contributed by atoms with E-state index in [2.05, 4.69) is 12.2 Å². The Labute approximate surface area is 98.6 Å². The quantitative estimate of drug-likeness (QED) is 0.773. The van der Waals surface area contributed by atoms with Crippen molar-refractivity contribution < 1.29 is 4.79 Å². The van der Waals surface area contributed by atoms with Crippen molar-refractivity contribution in [3.8, 4) is 0 Å². The van der Waals surface area contributed by atoms with E-state index < -0.39 is 0 Å². The van der Waals surface area contributed by atoms with E-state index in [1.54, 1.807) is 0 Å². The number of likely N-dealkylation sites (N-methyl/N-ethyl adjacent to an activating group) is 1. The first kappa shape index (κ1) is 11.9. The number of hydrogen-bond acceptors (Lipinski definition) is 2. The minimum absolute atomic E-state index is 0.307. The van der Waals surface area contributed by atoms with Gasteiger partial charge < -0.3 is 10.2 Å². The van der Waals surface area contributed by atoms with Gasteiger partial charge in [-0.25, -0.2) is 0 Å². The van der Waals surface area contributed by atoms with Crippen LogP contribution in [0, 0.1) is 11.8 Å². The van der Waals surface area contributed by atoms with Gasteiger partial charge in [0.2, 0.25) is 5.91 Å². The van der Waals surface area contributed by atoms with E-state index in [0.717, 1.165) is 38.3 Å². The van der Waals surface area contributed by atoms with Gasteiger partial charge in [0.05, 0.1) is 0 Å². The number of hydrogen-bond donors (Lipinski definition) is 1. The molecule has 1 amide bonds. The standard InChI is InChI=1S/C13H24N2O/c1-10-3-5-11(6-4-10)13(16)15(2)12-7-8-14-9-12/h10-12,14H,3-9H2,1-2H3. The van der Waals surface area contributed by atoms with Crippen LogP contribution in [0.1, 0.15) is 39.0 Å². The molecule has 2 fully saturated rings. The molecular formula is C13H24N2O. The lowest BCUT2D eigenvalue weighted by molar-refractivity contribution is -0.137. The minimum Gasteiger partial charge on any atom is -0.341 e. The summed E-state index contributed by atoms with van der Waals surface area (Å²) < 4.78 is 0. The van der Waals surface area contributed by atoms with E-state index in [1.807, 2.05) is 11.9 Å². The zero-order valence-corrected chi connectivity index (χ0v) is 10.5. The number of nitrogens with one attached hydrogen (secondary N) is 1. The minimum atomic E-state index is 0.307. The summed E-state index contributed by atoms with van der Waals surface area (Å²) in [5.41, 5.74) is 0. The highest BCUT2D eigenvalue weighted by atomic mass is 16.2. The molecule has 3 heteroatoms.